The molecule has 1 aliphatic rings. The second-order valence-electron chi connectivity index (χ2n) is 5.75. The molecule has 1 unspecified atom stereocenters. The Hall–Kier alpha value is -1.59. The zero-order chi connectivity index (χ0) is 16.5. The number of hydrogen-bond acceptors (Lipinski definition) is 4. The lowest BCUT2D eigenvalue weighted by molar-refractivity contribution is 0.0679. The molecule has 0 saturated carbocycles. The molecule has 0 radical (unpaired) electrons. The smallest absolute Gasteiger partial charge is 0.251 e. The van der Waals surface area contributed by atoms with Gasteiger partial charge in [-0.15, -0.1) is 0 Å². The number of carbonyl (C=O) groups is 1. The Morgan fingerprint density at radius 2 is 2.04 bits per heavy atom. The number of hydrogen-bond donors (Lipinski definition) is 1. The minimum atomic E-state index is -0.0390. The molecule has 1 aromatic rings. The summed E-state index contributed by atoms with van der Waals surface area (Å²) in [6.45, 7) is 9.21. The van der Waals surface area contributed by atoms with Gasteiger partial charge in [-0.3, -0.25) is 4.79 Å². The fraction of sp³-hybridized carbons (Fsp3) is 0.611. The van der Waals surface area contributed by atoms with Gasteiger partial charge < -0.3 is 19.7 Å². The molecule has 1 N–H and O–H groups in total. The van der Waals surface area contributed by atoms with Crippen molar-refractivity contribution in [2.24, 2.45) is 0 Å². The lowest BCUT2D eigenvalue weighted by Gasteiger charge is -2.18. The van der Waals surface area contributed by atoms with Crippen molar-refractivity contribution in [1.82, 2.24) is 10.2 Å². The summed E-state index contributed by atoms with van der Waals surface area (Å²) in [5.74, 6) is 0.739. The quantitative estimate of drug-likeness (QED) is 0.759. The number of nitrogens with zero attached hydrogens (tertiary/aromatic N) is 1. The predicted octanol–water partition coefficient (Wildman–Crippen LogP) is 2.32. The largest absolute Gasteiger partial charge is 0.491 e. The molecule has 128 valence electrons. The summed E-state index contributed by atoms with van der Waals surface area (Å²) in [5.41, 5.74) is 0.661. The van der Waals surface area contributed by atoms with Crippen LogP contribution in [0, 0.1) is 0 Å². The number of likely N-dealkylation sites (N-methyl/N-ethyl adjacent to an activating group) is 1. The van der Waals surface area contributed by atoms with Gasteiger partial charge in [0.1, 0.15) is 12.4 Å². The topological polar surface area (TPSA) is 50.8 Å². The average molecular weight is 320 g/mol. The molecule has 0 aromatic heterocycles. The van der Waals surface area contributed by atoms with Crippen LogP contribution in [0.3, 0.4) is 0 Å². The van der Waals surface area contributed by atoms with Gasteiger partial charge in [-0.25, -0.2) is 0 Å². The van der Waals surface area contributed by atoms with E-state index in [0.29, 0.717) is 18.7 Å². The number of rotatable bonds is 9. The molecule has 5 heteroatoms. The summed E-state index contributed by atoms with van der Waals surface area (Å²) >= 11 is 0. The first-order valence-corrected chi connectivity index (χ1v) is 8.58. The van der Waals surface area contributed by atoms with E-state index >= 15 is 0 Å². The molecule has 23 heavy (non-hydrogen) atoms. The Labute approximate surface area is 139 Å². The molecule has 5 nitrogen and oxygen atoms in total. The summed E-state index contributed by atoms with van der Waals surface area (Å²) in [6.07, 6.45) is 2.38. The van der Waals surface area contributed by atoms with Gasteiger partial charge >= 0.3 is 0 Å². The molecule has 1 aliphatic heterocycles. The first-order chi connectivity index (χ1) is 11.2. The van der Waals surface area contributed by atoms with Crippen LogP contribution in [-0.2, 0) is 4.74 Å². The van der Waals surface area contributed by atoms with Crippen molar-refractivity contribution in [3.8, 4) is 5.75 Å². The third kappa shape index (κ3) is 5.84. The van der Waals surface area contributed by atoms with Gasteiger partial charge in [-0.05, 0) is 50.2 Å². The maximum atomic E-state index is 12.1. The van der Waals surface area contributed by atoms with Crippen molar-refractivity contribution in [3.05, 3.63) is 29.8 Å². The molecule has 2 rings (SSSR count). The van der Waals surface area contributed by atoms with Crippen LogP contribution in [0.25, 0.3) is 0 Å². The number of benzene rings is 1. The zero-order valence-corrected chi connectivity index (χ0v) is 14.2. The van der Waals surface area contributed by atoms with E-state index in [-0.39, 0.29) is 12.0 Å². The van der Waals surface area contributed by atoms with E-state index in [2.05, 4.69) is 24.1 Å². The van der Waals surface area contributed by atoms with Gasteiger partial charge in [-0.1, -0.05) is 13.8 Å². The molecular weight excluding hydrogens is 292 g/mol. The summed E-state index contributed by atoms with van der Waals surface area (Å²) < 4.78 is 11.2. The highest BCUT2D eigenvalue weighted by Crippen LogP contribution is 2.16. The van der Waals surface area contributed by atoms with Gasteiger partial charge in [0, 0.05) is 25.3 Å². The maximum Gasteiger partial charge on any atom is 0.251 e. The van der Waals surface area contributed by atoms with Gasteiger partial charge in [0.05, 0.1) is 6.10 Å². The molecule has 1 amide bonds. The standard InChI is InChI=1S/C18H28N2O3/c1-3-20(4-2)12-11-19-18(21)15-7-9-16(10-8-15)23-14-17-6-5-13-22-17/h7-10,17H,3-6,11-14H2,1-2H3,(H,19,21). The molecule has 0 aliphatic carbocycles. The van der Waals surface area contributed by atoms with Gasteiger partial charge in [-0.2, -0.15) is 0 Å². The van der Waals surface area contributed by atoms with E-state index in [4.69, 9.17) is 9.47 Å². The summed E-state index contributed by atoms with van der Waals surface area (Å²) in [4.78, 5) is 14.4. The van der Waals surface area contributed by atoms with E-state index in [9.17, 15) is 4.79 Å². The molecule has 1 saturated heterocycles. The van der Waals surface area contributed by atoms with Crippen LogP contribution >= 0.6 is 0 Å². The van der Waals surface area contributed by atoms with Crippen LogP contribution in [0.2, 0.25) is 0 Å². The Bertz CT molecular complexity index is 466. The van der Waals surface area contributed by atoms with E-state index in [0.717, 1.165) is 44.8 Å². The number of amides is 1. The van der Waals surface area contributed by atoms with Crippen LogP contribution < -0.4 is 10.1 Å². The van der Waals surface area contributed by atoms with Gasteiger partial charge in [0.2, 0.25) is 0 Å². The fourth-order valence-electron chi connectivity index (χ4n) is 2.64. The van der Waals surface area contributed by atoms with Crippen molar-refractivity contribution in [2.75, 3.05) is 39.4 Å². The highest BCUT2D eigenvalue weighted by Gasteiger charge is 2.16. The lowest BCUT2D eigenvalue weighted by Crippen LogP contribution is -2.34. The van der Waals surface area contributed by atoms with Crippen LogP contribution in [0.5, 0.6) is 5.75 Å². The van der Waals surface area contributed by atoms with Crippen molar-refractivity contribution in [3.63, 3.8) is 0 Å². The number of ether oxygens (including phenoxy) is 2. The summed E-state index contributed by atoms with van der Waals surface area (Å²) in [5, 5.41) is 2.95. The normalized spacial score (nSPS) is 17.4. The Kier molecular flexibility index (Phi) is 7.36. The van der Waals surface area contributed by atoms with Crippen molar-refractivity contribution in [2.45, 2.75) is 32.8 Å². The Morgan fingerprint density at radius 1 is 1.30 bits per heavy atom. The molecule has 0 spiro atoms. The SMILES string of the molecule is CCN(CC)CCNC(=O)c1ccc(OCC2CCCO2)cc1. The lowest BCUT2D eigenvalue weighted by atomic mass is 10.2. The minimum Gasteiger partial charge on any atom is -0.491 e. The van der Waals surface area contributed by atoms with E-state index in [1.165, 1.54) is 0 Å². The monoisotopic (exact) mass is 320 g/mol. The summed E-state index contributed by atoms with van der Waals surface area (Å²) in [7, 11) is 0. The second-order valence-corrected chi connectivity index (χ2v) is 5.75. The second kappa shape index (κ2) is 9.53. The van der Waals surface area contributed by atoms with Gasteiger partial charge in [0.15, 0.2) is 0 Å². The number of carbonyl (C=O) groups excluding carboxylic acids is 1. The fourth-order valence-corrected chi connectivity index (χ4v) is 2.64. The van der Waals surface area contributed by atoms with Crippen molar-refractivity contribution in [1.29, 1.82) is 0 Å². The minimum absolute atomic E-state index is 0.0390. The Balaban J connectivity index is 1.73. The zero-order valence-electron chi connectivity index (χ0n) is 14.2. The van der Waals surface area contributed by atoms with Crippen LogP contribution in [-0.4, -0.2) is 56.3 Å². The number of nitrogens with one attached hydrogen (secondary N) is 1. The molecule has 1 aromatic carbocycles. The van der Waals surface area contributed by atoms with Crippen molar-refractivity contribution >= 4 is 5.91 Å². The third-order valence-electron chi connectivity index (χ3n) is 4.18. The highest BCUT2D eigenvalue weighted by molar-refractivity contribution is 5.94. The van der Waals surface area contributed by atoms with Crippen LogP contribution in [0.4, 0.5) is 0 Å². The molecule has 1 atom stereocenters. The van der Waals surface area contributed by atoms with E-state index in [1.54, 1.807) is 12.1 Å². The summed E-state index contributed by atoms with van der Waals surface area (Å²) in [6, 6.07) is 7.29. The van der Waals surface area contributed by atoms with E-state index < -0.39 is 0 Å². The van der Waals surface area contributed by atoms with E-state index in [1.807, 2.05) is 12.1 Å². The molecule has 1 heterocycles. The first-order valence-electron chi connectivity index (χ1n) is 8.58. The third-order valence-corrected chi connectivity index (χ3v) is 4.18. The molecule has 1 fully saturated rings. The average Bonchev–Trinajstić information content (AvgIpc) is 3.11. The van der Waals surface area contributed by atoms with Crippen LogP contribution in [0.1, 0.15) is 37.0 Å². The maximum absolute atomic E-state index is 12.1. The van der Waals surface area contributed by atoms with Crippen molar-refractivity contribution < 1.29 is 14.3 Å². The van der Waals surface area contributed by atoms with Crippen LogP contribution in [0.15, 0.2) is 24.3 Å². The highest BCUT2D eigenvalue weighted by atomic mass is 16.5. The first kappa shape index (κ1) is 17.8. The Morgan fingerprint density at radius 3 is 2.65 bits per heavy atom. The van der Waals surface area contributed by atoms with Gasteiger partial charge in [0.25, 0.3) is 5.91 Å². The predicted molar refractivity (Wildman–Crippen MR) is 91.0 cm³/mol. The molecular formula is C18H28N2O3. The molecule has 0 bridgehead atoms.